The van der Waals surface area contributed by atoms with Crippen molar-refractivity contribution in [2.75, 3.05) is 13.2 Å². The number of aromatic nitrogens is 4. The summed E-state index contributed by atoms with van der Waals surface area (Å²) in [5, 5.41) is 18.1. The molecule has 1 spiro atoms. The number of benzene rings is 2. The van der Waals surface area contributed by atoms with Crippen molar-refractivity contribution in [2.24, 2.45) is 5.16 Å². The number of carbonyl (C=O) groups is 1. The SMILES string of the molecule is CC.CC.CCCc1c(Cc2ccc(-c3ccccc3/C(C)=N/OC(C)=O)cc2)c(=O)n(C2CCC3(CC2)OCC(CO)O3)c2ncnn12. The molecule has 1 saturated heterocycles. The minimum absolute atomic E-state index is 0.0341. The number of aryl methyl sites for hydroxylation is 1. The van der Waals surface area contributed by atoms with E-state index in [-0.39, 0.29) is 24.3 Å². The van der Waals surface area contributed by atoms with Crippen molar-refractivity contribution in [3.63, 3.8) is 0 Å². The van der Waals surface area contributed by atoms with E-state index in [2.05, 4.69) is 22.2 Å². The molecule has 2 aromatic carbocycles. The van der Waals surface area contributed by atoms with Gasteiger partial charge in [0.15, 0.2) is 5.79 Å². The van der Waals surface area contributed by atoms with Gasteiger partial charge in [-0.2, -0.15) is 10.1 Å². The molecule has 1 N–H and O–H groups in total. The van der Waals surface area contributed by atoms with Gasteiger partial charge in [0.25, 0.3) is 5.56 Å². The van der Waals surface area contributed by atoms with Crippen molar-refractivity contribution < 1.29 is 24.2 Å². The van der Waals surface area contributed by atoms with Crippen LogP contribution in [0.15, 0.2) is 64.8 Å². The lowest BCUT2D eigenvalue weighted by molar-refractivity contribution is -0.194. The average Bonchev–Trinajstić information content (AvgIpc) is 3.79. The van der Waals surface area contributed by atoms with E-state index in [9.17, 15) is 14.7 Å². The maximum atomic E-state index is 14.3. The van der Waals surface area contributed by atoms with Crippen LogP contribution in [0.2, 0.25) is 0 Å². The van der Waals surface area contributed by atoms with Crippen LogP contribution in [0.5, 0.6) is 0 Å². The highest BCUT2D eigenvalue weighted by atomic mass is 16.7. The highest BCUT2D eigenvalue weighted by molar-refractivity contribution is 6.04. The van der Waals surface area contributed by atoms with E-state index >= 15 is 0 Å². The third-order valence-corrected chi connectivity index (χ3v) is 8.79. The van der Waals surface area contributed by atoms with Gasteiger partial charge >= 0.3 is 5.97 Å². The maximum Gasteiger partial charge on any atom is 0.331 e. The number of aliphatic hydroxyl groups is 1. The van der Waals surface area contributed by atoms with Crippen molar-refractivity contribution >= 4 is 17.5 Å². The average molecular weight is 674 g/mol. The number of hydrogen-bond acceptors (Lipinski definition) is 9. The van der Waals surface area contributed by atoms with Crippen LogP contribution in [0.3, 0.4) is 0 Å². The third-order valence-electron chi connectivity index (χ3n) is 8.79. The lowest BCUT2D eigenvalue weighted by Crippen LogP contribution is -2.40. The summed E-state index contributed by atoms with van der Waals surface area (Å²) in [6, 6.07) is 15.9. The molecule has 11 heteroatoms. The molecule has 264 valence electrons. The van der Waals surface area contributed by atoms with Gasteiger partial charge in [0, 0.05) is 43.4 Å². The molecule has 6 rings (SSSR count). The highest BCUT2D eigenvalue weighted by Gasteiger charge is 2.45. The first kappa shape index (κ1) is 37.6. The van der Waals surface area contributed by atoms with E-state index in [1.54, 1.807) is 0 Å². The minimum Gasteiger partial charge on any atom is -0.394 e. The lowest BCUT2D eigenvalue weighted by atomic mass is 9.89. The molecular formula is C38H51N5O6. The first-order valence-corrected chi connectivity index (χ1v) is 17.6. The number of fused-ring (bicyclic) bond motifs is 1. The number of hydrogen-bond donors (Lipinski definition) is 1. The van der Waals surface area contributed by atoms with Crippen LogP contribution in [0.4, 0.5) is 0 Å². The number of nitrogens with zero attached hydrogens (tertiary/aromatic N) is 5. The summed E-state index contributed by atoms with van der Waals surface area (Å²) >= 11 is 0. The van der Waals surface area contributed by atoms with Crippen molar-refractivity contribution in [2.45, 2.75) is 111 Å². The first-order chi connectivity index (χ1) is 23.8. The van der Waals surface area contributed by atoms with Crippen molar-refractivity contribution in [3.05, 3.63) is 87.6 Å². The number of aliphatic hydroxyl groups excluding tert-OH is 1. The second-order valence-electron chi connectivity index (χ2n) is 11.9. The normalized spacial score (nSPS) is 20.4. The molecule has 4 aromatic rings. The zero-order chi connectivity index (χ0) is 35.6. The third kappa shape index (κ3) is 8.34. The van der Waals surface area contributed by atoms with Crippen molar-refractivity contribution in [1.29, 1.82) is 0 Å². The summed E-state index contributed by atoms with van der Waals surface area (Å²) < 4.78 is 15.7. The van der Waals surface area contributed by atoms with Gasteiger partial charge in [-0.25, -0.2) is 9.31 Å². The number of carbonyl (C=O) groups excluding carboxylic acids is 1. The summed E-state index contributed by atoms with van der Waals surface area (Å²) in [4.78, 5) is 35.0. The summed E-state index contributed by atoms with van der Waals surface area (Å²) in [6.45, 7) is 13.5. The molecule has 0 bridgehead atoms. The molecule has 1 aliphatic carbocycles. The Bertz CT molecular complexity index is 1770. The van der Waals surface area contributed by atoms with E-state index in [1.807, 2.05) is 92.2 Å². The molecule has 0 amide bonds. The van der Waals surface area contributed by atoms with Gasteiger partial charge in [0.2, 0.25) is 5.78 Å². The van der Waals surface area contributed by atoms with E-state index in [0.717, 1.165) is 39.9 Å². The summed E-state index contributed by atoms with van der Waals surface area (Å²) in [6.07, 6.45) is 5.92. The van der Waals surface area contributed by atoms with Crippen LogP contribution < -0.4 is 5.56 Å². The van der Waals surface area contributed by atoms with Crippen LogP contribution in [-0.2, 0) is 31.9 Å². The zero-order valence-electron chi connectivity index (χ0n) is 29.9. The molecule has 1 saturated carbocycles. The summed E-state index contributed by atoms with van der Waals surface area (Å²) in [5.74, 6) is -0.595. The quantitative estimate of drug-likeness (QED) is 0.119. The molecule has 2 aliphatic rings. The Labute approximate surface area is 288 Å². The van der Waals surface area contributed by atoms with Crippen LogP contribution in [0, 0.1) is 0 Å². The minimum atomic E-state index is -0.687. The Kier molecular flexibility index (Phi) is 13.4. The Balaban J connectivity index is 0.00000130. The van der Waals surface area contributed by atoms with Gasteiger partial charge in [-0.3, -0.25) is 9.36 Å². The Hall–Kier alpha value is -4.19. The molecule has 1 aliphatic heterocycles. The van der Waals surface area contributed by atoms with Gasteiger partial charge < -0.3 is 19.4 Å². The van der Waals surface area contributed by atoms with Crippen LogP contribution in [0.25, 0.3) is 16.9 Å². The van der Waals surface area contributed by atoms with Gasteiger partial charge in [-0.15, -0.1) is 0 Å². The molecule has 0 radical (unpaired) electrons. The Morgan fingerprint density at radius 2 is 1.76 bits per heavy atom. The second kappa shape index (κ2) is 17.5. The standard InChI is InChI=1S/C34H39N5O6.2C2H6/c1-4-7-31-30(18-24-10-12-25(13-11-24)29-9-6-5-8-28(29)22(2)37-45-23(3)41)32(42)38(33-35-21-36-39(31)33)26-14-16-34(17-15-26)43-20-27(19-40)44-34;2*1-2/h5-6,8-13,21,26-27,40H,4,7,14-20H2,1-3H3;2*1-2H3/b37-22+;;. The van der Waals surface area contributed by atoms with Crippen LogP contribution in [-0.4, -0.2) is 61.1 Å². The van der Waals surface area contributed by atoms with Gasteiger partial charge in [-0.1, -0.05) is 94.7 Å². The van der Waals surface area contributed by atoms with Crippen LogP contribution in [0.1, 0.15) is 109 Å². The van der Waals surface area contributed by atoms with E-state index in [1.165, 1.54) is 13.3 Å². The van der Waals surface area contributed by atoms with E-state index < -0.39 is 11.8 Å². The fourth-order valence-electron chi connectivity index (χ4n) is 6.59. The molecule has 1 unspecified atom stereocenters. The largest absolute Gasteiger partial charge is 0.394 e. The summed E-state index contributed by atoms with van der Waals surface area (Å²) in [7, 11) is 0. The fourth-order valence-corrected chi connectivity index (χ4v) is 6.59. The lowest BCUT2D eigenvalue weighted by Gasteiger charge is -2.36. The van der Waals surface area contributed by atoms with Gasteiger partial charge in [0.05, 0.1) is 24.6 Å². The zero-order valence-corrected chi connectivity index (χ0v) is 29.9. The molecule has 2 aromatic heterocycles. The topological polar surface area (TPSA) is 130 Å². The Morgan fingerprint density at radius 3 is 2.39 bits per heavy atom. The predicted molar refractivity (Wildman–Crippen MR) is 191 cm³/mol. The van der Waals surface area contributed by atoms with Crippen molar-refractivity contribution in [1.82, 2.24) is 19.2 Å². The number of oxime groups is 1. The molecule has 49 heavy (non-hydrogen) atoms. The highest BCUT2D eigenvalue weighted by Crippen LogP contribution is 2.42. The second-order valence-corrected chi connectivity index (χ2v) is 11.9. The van der Waals surface area contributed by atoms with Crippen LogP contribution >= 0.6 is 0 Å². The molecule has 2 fully saturated rings. The molecule has 11 nitrogen and oxygen atoms in total. The maximum absolute atomic E-state index is 14.3. The first-order valence-electron chi connectivity index (χ1n) is 17.6. The van der Waals surface area contributed by atoms with E-state index in [4.69, 9.17) is 14.3 Å². The summed E-state index contributed by atoms with van der Waals surface area (Å²) in [5.41, 5.74) is 6.00. The molecule has 3 heterocycles. The fraction of sp³-hybridized carbons (Fsp3) is 0.500. The number of ether oxygens (including phenoxy) is 2. The van der Waals surface area contributed by atoms with Gasteiger partial charge in [-0.05, 0) is 42.9 Å². The van der Waals surface area contributed by atoms with Crippen molar-refractivity contribution in [3.8, 4) is 11.1 Å². The smallest absolute Gasteiger partial charge is 0.331 e. The number of rotatable bonds is 9. The monoisotopic (exact) mass is 673 g/mol. The van der Waals surface area contributed by atoms with Gasteiger partial charge in [0.1, 0.15) is 12.4 Å². The Morgan fingerprint density at radius 1 is 1.06 bits per heavy atom. The predicted octanol–water partition coefficient (Wildman–Crippen LogP) is 6.66. The van der Waals surface area contributed by atoms with E-state index in [0.29, 0.717) is 56.6 Å². The molecular weight excluding hydrogens is 622 g/mol. The molecule has 1 atom stereocenters.